The van der Waals surface area contributed by atoms with Gasteiger partial charge >= 0.3 is 12.2 Å². The van der Waals surface area contributed by atoms with E-state index in [2.05, 4.69) is 15.3 Å². The fourth-order valence-electron chi connectivity index (χ4n) is 3.84. The molecule has 0 saturated carbocycles. The van der Waals surface area contributed by atoms with Crippen LogP contribution in [0.3, 0.4) is 0 Å². The van der Waals surface area contributed by atoms with Crippen molar-refractivity contribution in [2.75, 3.05) is 28.2 Å². The van der Waals surface area contributed by atoms with Crippen LogP contribution in [0.5, 0.6) is 0 Å². The smallest absolute Gasteiger partial charge is 0.366 e. The van der Waals surface area contributed by atoms with Gasteiger partial charge in [0.1, 0.15) is 17.6 Å². The van der Waals surface area contributed by atoms with Crippen molar-refractivity contribution in [2.24, 2.45) is 5.84 Å². The first-order valence-corrected chi connectivity index (χ1v) is 10.3. The Kier molecular flexibility index (Phi) is 6.00. The van der Waals surface area contributed by atoms with Gasteiger partial charge in [-0.25, -0.2) is 20.6 Å². The van der Waals surface area contributed by atoms with Gasteiger partial charge in [-0.3, -0.25) is 25.2 Å². The van der Waals surface area contributed by atoms with Gasteiger partial charge in [-0.1, -0.05) is 0 Å². The van der Waals surface area contributed by atoms with Crippen LogP contribution in [0.1, 0.15) is 34.2 Å². The van der Waals surface area contributed by atoms with Crippen LogP contribution in [0.25, 0.3) is 0 Å². The molecule has 2 bridgehead atoms. The van der Waals surface area contributed by atoms with Crippen LogP contribution < -0.4 is 31.7 Å². The van der Waals surface area contributed by atoms with E-state index in [-0.39, 0.29) is 28.9 Å². The number of pyridine rings is 2. The average molecular weight is 478 g/mol. The molecule has 1 fully saturated rings. The third-order valence-corrected chi connectivity index (χ3v) is 5.63. The average Bonchev–Trinajstić information content (AvgIpc) is 3.21. The summed E-state index contributed by atoms with van der Waals surface area (Å²) >= 11 is 0. The molecule has 4 heterocycles. The lowest BCUT2D eigenvalue weighted by Gasteiger charge is -2.35. The lowest BCUT2D eigenvalue weighted by molar-refractivity contribution is -0.149. The van der Waals surface area contributed by atoms with Gasteiger partial charge in [0.05, 0.1) is 11.7 Å². The second-order valence-corrected chi connectivity index (χ2v) is 7.87. The van der Waals surface area contributed by atoms with Crippen LogP contribution in [-0.2, 0) is 0 Å². The number of fused-ring (bicyclic) bond motifs is 4. The van der Waals surface area contributed by atoms with E-state index in [0.717, 1.165) is 6.92 Å². The Morgan fingerprint density at radius 3 is 2.68 bits per heavy atom. The van der Waals surface area contributed by atoms with Gasteiger partial charge in [-0.2, -0.15) is 13.2 Å². The minimum absolute atomic E-state index is 0.0842. The maximum absolute atomic E-state index is 13.2. The summed E-state index contributed by atoms with van der Waals surface area (Å²) in [6, 6.07) is 2.67. The maximum atomic E-state index is 13.2. The zero-order valence-electron chi connectivity index (χ0n) is 17.9. The van der Waals surface area contributed by atoms with Crippen molar-refractivity contribution in [3.63, 3.8) is 0 Å². The molecular formula is C20H21F3N8O3. The number of urea groups is 1. The molecule has 11 nitrogen and oxygen atoms in total. The third kappa shape index (κ3) is 4.44. The highest BCUT2D eigenvalue weighted by Gasteiger charge is 2.41. The first-order valence-electron chi connectivity index (χ1n) is 10.3. The van der Waals surface area contributed by atoms with E-state index in [1.54, 1.807) is 6.07 Å². The number of nitrogens with two attached hydrogens (primary N) is 1. The number of alkyl halides is 3. The quantitative estimate of drug-likeness (QED) is 0.295. The Morgan fingerprint density at radius 2 is 1.97 bits per heavy atom. The first-order chi connectivity index (χ1) is 16.1. The molecule has 180 valence electrons. The van der Waals surface area contributed by atoms with Crippen molar-refractivity contribution in [3.05, 3.63) is 41.7 Å². The molecule has 4 rings (SSSR count). The Labute approximate surface area is 191 Å². The molecule has 0 radical (unpaired) electrons. The molecule has 1 unspecified atom stereocenters. The Hall–Kier alpha value is -3.94. The summed E-state index contributed by atoms with van der Waals surface area (Å²) in [5.41, 5.74) is 2.48. The number of hydrazine groups is 1. The van der Waals surface area contributed by atoms with Crippen molar-refractivity contribution in [1.82, 2.24) is 20.7 Å². The molecule has 2 aromatic heterocycles. The molecule has 2 aliphatic heterocycles. The van der Waals surface area contributed by atoms with E-state index >= 15 is 0 Å². The molecule has 34 heavy (non-hydrogen) atoms. The zero-order valence-corrected chi connectivity index (χ0v) is 17.9. The van der Waals surface area contributed by atoms with E-state index in [1.807, 2.05) is 15.6 Å². The summed E-state index contributed by atoms with van der Waals surface area (Å²) < 4.78 is 38.5. The van der Waals surface area contributed by atoms with Crippen LogP contribution in [0, 0.1) is 0 Å². The predicted octanol–water partition coefficient (Wildman–Crippen LogP) is 1.39. The van der Waals surface area contributed by atoms with Crippen LogP contribution in [-0.4, -0.2) is 59.2 Å². The van der Waals surface area contributed by atoms with Gasteiger partial charge in [0.2, 0.25) is 0 Å². The molecule has 2 atom stereocenters. The number of amides is 4. The summed E-state index contributed by atoms with van der Waals surface area (Å²) in [5, 5.41) is 4.47. The lowest BCUT2D eigenvalue weighted by atomic mass is 10.1. The Bertz CT molecular complexity index is 1140. The molecule has 0 aliphatic carbocycles. The summed E-state index contributed by atoms with van der Waals surface area (Å²) in [7, 11) is 0. The minimum atomic E-state index is -4.61. The number of hydrogen-bond donors (Lipinski definition) is 4. The highest BCUT2D eigenvalue weighted by Crippen LogP contribution is 2.39. The number of rotatable bonds is 4. The van der Waals surface area contributed by atoms with Crippen molar-refractivity contribution in [2.45, 2.75) is 31.6 Å². The summed E-state index contributed by atoms with van der Waals surface area (Å²) in [6.07, 6.45) is -2.66. The fraction of sp³-hybridized carbons (Fsp3) is 0.350. The molecule has 5 N–H and O–H groups in total. The summed E-state index contributed by atoms with van der Waals surface area (Å²) in [6.45, 7) is 2.00. The van der Waals surface area contributed by atoms with Gasteiger partial charge in [0, 0.05) is 24.8 Å². The maximum Gasteiger partial charge on any atom is 0.408 e. The number of nitrogens with one attached hydrogen (secondary N) is 3. The van der Waals surface area contributed by atoms with Crippen LogP contribution in [0.4, 0.5) is 35.3 Å². The van der Waals surface area contributed by atoms with Crippen molar-refractivity contribution in [1.29, 1.82) is 0 Å². The largest absolute Gasteiger partial charge is 0.408 e. The van der Waals surface area contributed by atoms with Crippen molar-refractivity contribution < 1.29 is 27.6 Å². The second-order valence-electron chi connectivity index (χ2n) is 7.87. The molecule has 14 heteroatoms. The number of nitrogens with zero attached hydrogens (tertiary/aromatic N) is 4. The fourth-order valence-corrected chi connectivity index (χ4v) is 3.84. The highest BCUT2D eigenvalue weighted by molar-refractivity contribution is 6.05. The summed E-state index contributed by atoms with van der Waals surface area (Å²) in [5.74, 6) is 3.78. The second kappa shape index (κ2) is 8.78. The zero-order chi connectivity index (χ0) is 24.6. The van der Waals surface area contributed by atoms with Crippen molar-refractivity contribution >= 4 is 35.2 Å². The number of halogens is 3. The molecule has 2 aliphatic rings. The SMILES string of the molecule is CC(NC(=O)c1ccc2c(n1)N(C(=O)Nc1cc(C(=O)NN)ccn1)[C@H]1CCN2C1)C(F)(F)F. The monoisotopic (exact) mass is 478 g/mol. The van der Waals surface area contributed by atoms with E-state index in [1.165, 1.54) is 29.3 Å². The van der Waals surface area contributed by atoms with E-state index in [9.17, 15) is 27.6 Å². The standard InChI is InChI=1S/C20H21F3N8O3/c1-10(20(21,22)23)26-18(33)13-2-3-14-16(27-13)31(12-5-7-30(14)9-12)19(34)28-15-8-11(4-6-25-15)17(32)29-24/h2-4,6,8,10,12H,5,7,9,24H2,1H3,(H,26,33)(H,29,32)(H,25,28,34)/t10?,12-/m0/s1. The van der Waals surface area contributed by atoms with E-state index in [0.29, 0.717) is 25.2 Å². The molecule has 1 saturated heterocycles. The van der Waals surface area contributed by atoms with Gasteiger partial charge in [-0.15, -0.1) is 0 Å². The lowest BCUT2D eigenvalue weighted by Crippen LogP contribution is -2.49. The first kappa shape index (κ1) is 23.2. The normalized spacial score (nSPS) is 17.6. The Balaban J connectivity index is 1.61. The number of aromatic nitrogens is 2. The number of nitrogen functional groups attached to an aromatic ring is 1. The summed E-state index contributed by atoms with van der Waals surface area (Å²) in [4.78, 5) is 49.0. The number of hydrogen-bond acceptors (Lipinski definition) is 7. The van der Waals surface area contributed by atoms with Crippen LogP contribution >= 0.6 is 0 Å². The van der Waals surface area contributed by atoms with Gasteiger partial charge in [0.25, 0.3) is 11.8 Å². The molecule has 2 aromatic rings. The van der Waals surface area contributed by atoms with E-state index in [4.69, 9.17) is 5.84 Å². The predicted molar refractivity (Wildman–Crippen MR) is 115 cm³/mol. The van der Waals surface area contributed by atoms with E-state index < -0.39 is 30.1 Å². The number of carbonyl (C=O) groups is 3. The van der Waals surface area contributed by atoms with Gasteiger partial charge in [-0.05, 0) is 37.6 Å². The van der Waals surface area contributed by atoms with Crippen molar-refractivity contribution in [3.8, 4) is 0 Å². The number of carbonyl (C=O) groups excluding carboxylic acids is 3. The Morgan fingerprint density at radius 1 is 1.21 bits per heavy atom. The topological polar surface area (TPSA) is 146 Å². The minimum Gasteiger partial charge on any atom is -0.366 e. The molecule has 4 amide bonds. The highest BCUT2D eigenvalue weighted by atomic mass is 19.4. The van der Waals surface area contributed by atoms with Gasteiger partial charge < -0.3 is 10.2 Å². The molecular weight excluding hydrogens is 457 g/mol. The third-order valence-electron chi connectivity index (χ3n) is 5.63. The molecule has 0 aromatic carbocycles. The van der Waals surface area contributed by atoms with Crippen LogP contribution in [0.2, 0.25) is 0 Å². The van der Waals surface area contributed by atoms with Gasteiger partial charge in [0.15, 0.2) is 5.82 Å². The molecule has 0 spiro atoms. The van der Waals surface area contributed by atoms with Crippen LogP contribution in [0.15, 0.2) is 30.5 Å². The number of anilines is 3.